The molecule has 1 saturated heterocycles. The molecule has 226 valence electrons. The number of anilines is 2. The Labute approximate surface area is 255 Å². The number of halogens is 1. The Balaban J connectivity index is 1.46. The molecule has 44 heavy (non-hydrogen) atoms. The van der Waals surface area contributed by atoms with Gasteiger partial charge in [-0.15, -0.1) is 0 Å². The van der Waals surface area contributed by atoms with Crippen molar-refractivity contribution >= 4 is 29.2 Å². The second-order valence-electron chi connectivity index (χ2n) is 10.9. The second-order valence-corrected chi connectivity index (χ2v) is 10.9. The van der Waals surface area contributed by atoms with Gasteiger partial charge in [-0.1, -0.05) is 29.8 Å². The van der Waals surface area contributed by atoms with Gasteiger partial charge in [0.05, 0.1) is 0 Å². The van der Waals surface area contributed by atoms with E-state index in [1.54, 1.807) is 37.8 Å². The summed E-state index contributed by atoms with van der Waals surface area (Å²) in [6.07, 6.45) is 9.48. The van der Waals surface area contributed by atoms with Gasteiger partial charge in [0.2, 0.25) is 5.43 Å². The minimum absolute atomic E-state index is 0.0312. The quantitative estimate of drug-likeness (QED) is 0.189. The van der Waals surface area contributed by atoms with Crippen LogP contribution >= 0.6 is 0 Å². The van der Waals surface area contributed by atoms with E-state index in [0.717, 1.165) is 30.2 Å². The summed E-state index contributed by atoms with van der Waals surface area (Å²) in [6.45, 7) is 3.99. The van der Waals surface area contributed by atoms with Gasteiger partial charge in [-0.25, -0.2) is 9.37 Å². The average molecular weight is 595 g/mol. The van der Waals surface area contributed by atoms with Gasteiger partial charge < -0.3 is 31.1 Å². The third-order valence-corrected chi connectivity index (χ3v) is 7.72. The minimum atomic E-state index is -0.632. The number of nitrogens with one attached hydrogen (secondary N) is 3. The SMILES string of the molecule is CN/C=C(\C=N)c1cnc(N)c(-c2ccc(NC(=O)c3cn(CC4CCOCC4)cc(-c4ccc(C)cc4)c3=O)cc2F)c1. The van der Waals surface area contributed by atoms with Crippen LogP contribution in [0.15, 0.2) is 78.1 Å². The van der Waals surface area contributed by atoms with E-state index in [2.05, 4.69) is 15.6 Å². The molecular weight excluding hydrogens is 559 g/mol. The number of nitrogens with zero attached hydrogens (tertiary/aromatic N) is 2. The lowest BCUT2D eigenvalue weighted by molar-refractivity contribution is 0.0612. The van der Waals surface area contributed by atoms with Crippen LogP contribution in [0.25, 0.3) is 27.8 Å². The lowest BCUT2D eigenvalue weighted by Gasteiger charge is -2.23. The van der Waals surface area contributed by atoms with Gasteiger partial charge in [-0.3, -0.25) is 9.59 Å². The first kappa shape index (κ1) is 30.4. The number of carbonyl (C=O) groups excluding carboxylic acids is 1. The van der Waals surface area contributed by atoms with Gasteiger partial charge in [0, 0.05) is 91.3 Å². The average Bonchev–Trinajstić information content (AvgIpc) is 3.02. The third kappa shape index (κ3) is 6.76. The smallest absolute Gasteiger partial charge is 0.261 e. The van der Waals surface area contributed by atoms with Crippen LogP contribution in [0.5, 0.6) is 0 Å². The molecule has 5 N–H and O–H groups in total. The van der Waals surface area contributed by atoms with E-state index in [0.29, 0.717) is 47.9 Å². The summed E-state index contributed by atoms with van der Waals surface area (Å²) in [7, 11) is 1.71. The van der Waals surface area contributed by atoms with Crippen LogP contribution in [0.4, 0.5) is 15.9 Å². The largest absolute Gasteiger partial charge is 0.393 e. The highest BCUT2D eigenvalue weighted by Gasteiger charge is 2.20. The molecule has 9 nitrogen and oxygen atoms in total. The summed E-state index contributed by atoms with van der Waals surface area (Å²) in [6, 6.07) is 13.5. The molecular formula is C34H35FN6O3. The summed E-state index contributed by atoms with van der Waals surface area (Å²) in [4.78, 5) is 31.3. The maximum atomic E-state index is 15.5. The Hall–Kier alpha value is -5.09. The number of aromatic nitrogens is 2. The molecule has 0 spiro atoms. The maximum Gasteiger partial charge on any atom is 0.261 e. The molecule has 1 aliphatic rings. The number of pyridine rings is 2. The zero-order chi connectivity index (χ0) is 31.2. The van der Waals surface area contributed by atoms with Crippen molar-refractivity contribution in [1.29, 1.82) is 5.41 Å². The van der Waals surface area contributed by atoms with Crippen LogP contribution in [0.1, 0.15) is 34.3 Å². The number of nitrogens with two attached hydrogens (primary N) is 1. The molecule has 4 aromatic rings. The number of ether oxygens (including phenoxy) is 1. The van der Waals surface area contributed by atoms with Crippen LogP contribution in [0.2, 0.25) is 0 Å². The first-order chi connectivity index (χ1) is 21.3. The van der Waals surface area contributed by atoms with Crippen molar-refractivity contribution in [1.82, 2.24) is 14.9 Å². The number of amides is 1. The normalized spacial score (nSPS) is 13.8. The van der Waals surface area contributed by atoms with Crippen LogP contribution < -0.4 is 21.8 Å². The molecule has 5 rings (SSSR count). The molecule has 0 unspecified atom stereocenters. The molecule has 3 heterocycles. The summed E-state index contributed by atoms with van der Waals surface area (Å²) < 4.78 is 22.9. The lowest BCUT2D eigenvalue weighted by Crippen LogP contribution is -2.26. The van der Waals surface area contributed by atoms with E-state index in [1.165, 1.54) is 18.3 Å². The number of carbonyl (C=O) groups is 1. The molecule has 10 heteroatoms. The number of hydrogen-bond acceptors (Lipinski definition) is 7. The zero-order valence-electron chi connectivity index (χ0n) is 24.7. The van der Waals surface area contributed by atoms with Crippen molar-refractivity contribution in [2.75, 3.05) is 31.3 Å². The molecule has 1 amide bonds. The van der Waals surface area contributed by atoms with E-state index in [4.69, 9.17) is 15.9 Å². The van der Waals surface area contributed by atoms with Crippen molar-refractivity contribution in [3.63, 3.8) is 0 Å². The number of nitrogen functional groups attached to an aromatic ring is 1. The third-order valence-electron chi connectivity index (χ3n) is 7.72. The minimum Gasteiger partial charge on any atom is -0.393 e. The first-order valence-corrected chi connectivity index (χ1v) is 14.4. The topological polar surface area (TPSA) is 135 Å². The van der Waals surface area contributed by atoms with Crippen molar-refractivity contribution in [3.8, 4) is 22.3 Å². The monoisotopic (exact) mass is 594 g/mol. The van der Waals surface area contributed by atoms with Crippen molar-refractivity contribution in [2.45, 2.75) is 26.3 Å². The van der Waals surface area contributed by atoms with E-state index in [-0.39, 0.29) is 22.6 Å². The predicted octanol–water partition coefficient (Wildman–Crippen LogP) is 5.50. The lowest BCUT2D eigenvalue weighted by atomic mass is 9.99. The fourth-order valence-electron chi connectivity index (χ4n) is 5.29. The fourth-order valence-corrected chi connectivity index (χ4v) is 5.29. The van der Waals surface area contributed by atoms with Crippen molar-refractivity contribution < 1.29 is 13.9 Å². The molecule has 2 aromatic carbocycles. The van der Waals surface area contributed by atoms with E-state index >= 15 is 4.39 Å². The Morgan fingerprint density at radius 1 is 1.11 bits per heavy atom. The highest BCUT2D eigenvalue weighted by molar-refractivity contribution is 6.08. The second kappa shape index (κ2) is 13.5. The van der Waals surface area contributed by atoms with E-state index in [9.17, 15) is 9.59 Å². The molecule has 1 aliphatic heterocycles. The van der Waals surface area contributed by atoms with Gasteiger partial charge in [0.1, 0.15) is 17.2 Å². The number of allylic oxidation sites excluding steroid dienone is 1. The molecule has 0 saturated carbocycles. The van der Waals surface area contributed by atoms with Gasteiger partial charge in [-0.05, 0) is 55.5 Å². The molecule has 1 fully saturated rings. The Bertz CT molecular complexity index is 1780. The standard InChI is InChI=1S/C34H35FN6O3/c1-21-3-5-23(6-4-21)29-19-41(18-22-9-11-44-12-10-22)20-30(32(29)42)34(43)40-26-7-8-27(31(35)14-26)28-13-24(17-39-33(28)37)25(15-36)16-38-2/h3-8,13-17,19-20,22,36,38H,9-12,18H2,1-2H3,(H2,37,39)(H,40,43)/b25-16+,36-15?. The fraction of sp³-hybridized carbons (Fsp3) is 0.235. The van der Waals surface area contributed by atoms with E-state index in [1.807, 2.05) is 35.8 Å². The Kier molecular flexibility index (Phi) is 9.30. The maximum absolute atomic E-state index is 15.5. The predicted molar refractivity (Wildman–Crippen MR) is 172 cm³/mol. The first-order valence-electron chi connectivity index (χ1n) is 14.4. The summed E-state index contributed by atoms with van der Waals surface area (Å²) in [5.74, 6) is -0.782. The molecule has 0 atom stereocenters. The van der Waals surface area contributed by atoms with Crippen LogP contribution in [0, 0.1) is 24.1 Å². The van der Waals surface area contributed by atoms with Crippen molar-refractivity contribution in [3.05, 3.63) is 106 Å². The highest BCUT2D eigenvalue weighted by Crippen LogP contribution is 2.31. The summed E-state index contributed by atoms with van der Waals surface area (Å²) in [5, 5.41) is 13.2. The van der Waals surface area contributed by atoms with Crippen LogP contribution in [0.3, 0.4) is 0 Å². The Morgan fingerprint density at radius 3 is 2.55 bits per heavy atom. The van der Waals surface area contributed by atoms with Gasteiger partial charge in [-0.2, -0.15) is 0 Å². The summed E-state index contributed by atoms with van der Waals surface area (Å²) >= 11 is 0. The van der Waals surface area contributed by atoms with Crippen LogP contribution in [-0.2, 0) is 11.3 Å². The molecule has 0 bridgehead atoms. The number of benzene rings is 2. The summed E-state index contributed by atoms with van der Waals surface area (Å²) in [5.41, 5.74) is 9.70. The highest BCUT2D eigenvalue weighted by atomic mass is 19.1. The number of aryl methyl sites for hydroxylation is 1. The van der Waals surface area contributed by atoms with Gasteiger partial charge in [0.15, 0.2) is 0 Å². The van der Waals surface area contributed by atoms with E-state index < -0.39 is 17.2 Å². The molecule has 0 aliphatic carbocycles. The van der Waals surface area contributed by atoms with Gasteiger partial charge in [0.25, 0.3) is 5.91 Å². The molecule has 2 aromatic heterocycles. The van der Waals surface area contributed by atoms with Crippen molar-refractivity contribution in [2.24, 2.45) is 5.92 Å². The Morgan fingerprint density at radius 2 is 1.86 bits per heavy atom. The number of hydrogen-bond donors (Lipinski definition) is 4. The number of rotatable bonds is 9. The molecule has 0 radical (unpaired) electrons. The zero-order valence-corrected chi connectivity index (χ0v) is 24.7. The van der Waals surface area contributed by atoms with Gasteiger partial charge >= 0.3 is 0 Å². The van der Waals surface area contributed by atoms with Crippen LogP contribution in [-0.4, -0.2) is 41.9 Å².